The van der Waals surface area contributed by atoms with Crippen molar-refractivity contribution in [1.82, 2.24) is 4.90 Å². The van der Waals surface area contributed by atoms with Crippen LogP contribution in [0.3, 0.4) is 0 Å². The molecule has 0 N–H and O–H groups in total. The number of nitrogens with zero attached hydrogens (tertiary/aromatic N) is 2. The first-order valence-corrected chi connectivity index (χ1v) is 5.87. The Morgan fingerprint density at radius 2 is 2.17 bits per heavy atom. The van der Waals surface area contributed by atoms with Crippen molar-refractivity contribution < 1.29 is 14.3 Å². The van der Waals surface area contributed by atoms with E-state index in [1.807, 2.05) is 0 Å². The summed E-state index contributed by atoms with van der Waals surface area (Å²) >= 11 is 5.86. The Kier molecular flexibility index (Phi) is 3.84. The summed E-state index contributed by atoms with van der Waals surface area (Å²) in [5.74, 6) is -0.252. The molecule has 0 unspecified atom stereocenters. The Morgan fingerprint density at radius 3 is 2.83 bits per heavy atom. The van der Waals surface area contributed by atoms with Crippen LogP contribution in [0, 0.1) is 0 Å². The Morgan fingerprint density at radius 1 is 1.39 bits per heavy atom. The van der Waals surface area contributed by atoms with Gasteiger partial charge in [0.25, 0.3) is 5.91 Å². The molecule has 1 aromatic carbocycles. The molecular weight excluding hydrogens is 256 g/mol. The van der Waals surface area contributed by atoms with Gasteiger partial charge in [-0.05, 0) is 18.2 Å². The maximum Gasteiger partial charge on any atom is 0.331 e. The van der Waals surface area contributed by atoms with Crippen LogP contribution in [0.2, 0.25) is 5.02 Å². The van der Waals surface area contributed by atoms with Crippen molar-refractivity contribution in [1.29, 1.82) is 0 Å². The Labute approximate surface area is 110 Å². The normalized spacial score (nSPS) is 15.7. The number of hydrogen-bond acceptors (Lipinski definition) is 3. The third-order valence-corrected chi connectivity index (χ3v) is 2.90. The van der Waals surface area contributed by atoms with Crippen LogP contribution in [-0.2, 0) is 9.53 Å². The third kappa shape index (κ3) is 2.47. The van der Waals surface area contributed by atoms with Crippen LogP contribution in [0.15, 0.2) is 24.3 Å². The van der Waals surface area contributed by atoms with Crippen molar-refractivity contribution in [2.75, 3.05) is 31.7 Å². The van der Waals surface area contributed by atoms with Crippen LogP contribution in [-0.4, -0.2) is 43.6 Å². The van der Waals surface area contributed by atoms with Crippen molar-refractivity contribution in [3.8, 4) is 0 Å². The zero-order chi connectivity index (χ0) is 13.1. The highest BCUT2D eigenvalue weighted by Crippen LogP contribution is 2.24. The molecule has 2 rings (SSSR count). The highest BCUT2D eigenvalue weighted by atomic mass is 35.5. The van der Waals surface area contributed by atoms with Gasteiger partial charge in [-0.25, -0.2) is 9.69 Å². The number of anilines is 1. The summed E-state index contributed by atoms with van der Waals surface area (Å²) in [6.07, 6.45) is 0. The van der Waals surface area contributed by atoms with E-state index >= 15 is 0 Å². The lowest BCUT2D eigenvalue weighted by atomic mass is 10.3. The first-order chi connectivity index (χ1) is 8.63. The van der Waals surface area contributed by atoms with E-state index < -0.39 is 0 Å². The molecule has 3 amide bonds. The average Bonchev–Trinajstić information content (AvgIpc) is 2.62. The van der Waals surface area contributed by atoms with Gasteiger partial charge in [-0.1, -0.05) is 17.7 Å². The molecule has 0 aromatic heterocycles. The van der Waals surface area contributed by atoms with E-state index in [1.54, 1.807) is 31.4 Å². The summed E-state index contributed by atoms with van der Waals surface area (Å²) < 4.78 is 4.90. The first-order valence-electron chi connectivity index (χ1n) is 5.50. The van der Waals surface area contributed by atoms with E-state index in [1.165, 1.54) is 4.90 Å². The molecule has 1 heterocycles. The number of urea groups is 1. The maximum atomic E-state index is 12.1. The lowest BCUT2D eigenvalue weighted by molar-refractivity contribution is -0.116. The number of halogens is 1. The lowest BCUT2D eigenvalue weighted by Gasteiger charge is -2.16. The molecule has 1 aliphatic heterocycles. The van der Waals surface area contributed by atoms with Crippen LogP contribution in [0.1, 0.15) is 0 Å². The van der Waals surface area contributed by atoms with Gasteiger partial charge in [-0.15, -0.1) is 0 Å². The number of amides is 3. The van der Waals surface area contributed by atoms with Crippen LogP contribution in [0.5, 0.6) is 0 Å². The SMILES string of the molecule is COCCN1CC(=O)N(c2cccc(Cl)c2)C1=O. The number of ether oxygens (including phenoxy) is 1. The van der Waals surface area contributed by atoms with E-state index in [4.69, 9.17) is 16.3 Å². The van der Waals surface area contributed by atoms with Crippen molar-refractivity contribution in [3.05, 3.63) is 29.3 Å². The zero-order valence-corrected chi connectivity index (χ0v) is 10.7. The average molecular weight is 269 g/mol. The Hall–Kier alpha value is -1.59. The van der Waals surface area contributed by atoms with E-state index in [-0.39, 0.29) is 18.5 Å². The monoisotopic (exact) mass is 268 g/mol. The van der Waals surface area contributed by atoms with Crippen molar-refractivity contribution in [2.45, 2.75) is 0 Å². The third-order valence-electron chi connectivity index (χ3n) is 2.67. The van der Waals surface area contributed by atoms with Gasteiger partial charge in [-0.3, -0.25) is 4.79 Å². The Bertz CT molecular complexity index is 478. The first kappa shape index (κ1) is 12.9. The molecule has 0 bridgehead atoms. The number of hydrogen-bond donors (Lipinski definition) is 0. The molecule has 1 aromatic rings. The summed E-state index contributed by atoms with van der Waals surface area (Å²) in [6.45, 7) is 0.884. The molecule has 5 nitrogen and oxygen atoms in total. The second kappa shape index (κ2) is 5.37. The van der Waals surface area contributed by atoms with E-state index in [0.717, 1.165) is 4.90 Å². The van der Waals surface area contributed by atoms with Gasteiger partial charge in [0.15, 0.2) is 0 Å². The minimum atomic E-state index is -0.334. The predicted molar refractivity (Wildman–Crippen MR) is 67.8 cm³/mol. The van der Waals surface area contributed by atoms with Crippen molar-refractivity contribution in [3.63, 3.8) is 0 Å². The van der Waals surface area contributed by atoms with E-state index in [0.29, 0.717) is 23.9 Å². The summed E-state index contributed by atoms with van der Waals surface area (Å²) in [5, 5.41) is 0.489. The fraction of sp³-hybridized carbons (Fsp3) is 0.333. The van der Waals surface area contributed by atoms with E-state index in [9.17, 15) is 9.59 Å². The number of rotatable bonds is 4. The minimum absolute atomic E-state index is 0.0781. The highest BCUT2D eigenvalue weighted by molar-refractivity contribution is 6.31. The van der Waals surface area contributed by atoms with Crippen LogP contribution in [0.25, 0.3) is 0 Å². The molecule has 0 radical (unpaired) electrons. The fourth-order valence-corrected chi connectivity index (χ4v) is 1.98. The minimum Gasteiger partial charge on any atom is -0.383 e. The number of benzene rings is 1. The van der Waals surface area contributed by atoms with E-state index in [2.05, 4.69) is 0 Å². The molecule has 1 fully saturated rings. The predicted octanol–water partition coefficient (Wildman–Crippen LogP) is 1.75. The molecule has 1 aliphatic rings. The van der Waals surface area contributed by atoms with Gasteiger partial charge < -0.3 is 9.64 Å². The Balaban J connectivity index is 2.19. The van der Waals surface area contributed by atoms with Crippen LogP contribution in [0.4, 0.5) is 10.5 Å². The summed E-state index contributed by atoms with van der Waals surface area (Å²) in [5.41, 5.74) is 0.498. The molecule has 0 saturated carbocycles. The van der Waals surface area contributed by atoms with Gasteiger partial charge in [0.05, 0.1) is 12.3 Å². The van der Waals surface area contributed by atoms with Gasteiger partial charge >= 0.3 is 6.03 Å². The summed E-state index contributed by atoms with van der Waals surface area (Å²) in [6, 6.07) is 6.34. The van der Waals surface area contributed by atoms with Gasteiger partial charge in [-0.2, -0.15) is 0 Å². The van der Waals surface area contributed by atoms with Crippen LogP contribution >= 0.6 is 11.6 Å². The molecule has 18 heavy (non-hydrogen) atoms. The van der Waals surface area contributed by atoms with Gasteiger partial charge in [0, 0.05) is 18.7 Å². The standard InChI is InChI=1S/C12H13ClN2O3/c1-18-6-5-14-8-11(16)15(12(14)17)10-4-2-3-9(13)7-10/h2-4,7H,5-6,8H2,1H3. The lowest BCUT2D eigenvalue weighted by Crippen LogP contribution is -2.34. The number of carbonyl (C=O) groups excluding carboxylic acids is 2. The van der Waals surface area contributed by atoms with Crippen molar-refractivity contribution >= 4 is 29.2 Å². The summed E-state index contributed by atoms with van der Waals surface area (Å²) in [4.78, 5) is 26.5. The fourth-order valence-electron chi connectivity index (χ4n) is 1.80. The second-order valence-corrected chi connectivity index (χ2v) is 4.34. The molecule has 6 heteroatoms. The van der Waals surface area contributed by atoms with Gasteiger partial charge in [0.2, 0.25) is 0 Å². The molecule has 0 spiro atoms. The largest absolute Gasteiger partial charge is 0.383 e. The zero-order valence-electron chi connectivity index (χ0n) is 9.93. The summed E-state index contributed by atoms with van der Waals surface area (Å²) in [7, 11) is 1.55. The number of carbonyl (C=O) groups is 2. The molecule has 0 atom stereocenters. The van der Waals surface area contributed by atoms with Crippen LogP contribution < -0.4 is 4.90 Å². The number of imide groups is 1. The topological polar surface area (TPSA) is 49.9 Å². The highest BCUT2D eigenvalue weighted by Gasteiger charge is 2.36. The molecular formula is C12H13ClN2O3. The van der Waals surface area contributed by atoms with Crippen molar-refractivity contribution in [2.24, 2.45) is 0 Å². The molecule has 1 saturated heterocycles. The molecule has 0 aliphatic carbocycles. The number of methoxy groups -OCH3 is 1. The maximum absolute atomic E-state index is 12.1. The molecule has 96 valence electrons. The quantitative estimate of drug-likeness (QED) is 0.782. The second-order valence-electron chi connectivity index (χ2n) is 3.91. The smallest absolute Gasteiger partial charge is 0.331 e. The van der Waals surface area contributed by atoms with Gasteiger partial charge in [0.1, 0.15) is 6.54 Å².